The molecule has 1 fully saturated rings. The third kappa shape index (κ3) is 4.00. The van der Waals surface area contributed by atoms with Gasteiger partial charge in [-0.15, -0.1) is 0 Å². The lowest BCUT2D eigenvalue weighted by molar-refractivity contribution is -0.131. The van der Waals surface area contributed by atoms with Gasteiger partial charge in [-0.2, -0.15) is 0 Å². The molecule has 130 valence electrons. The van der Waals surface area contributed by atoms with E-state index in [0.717, 1.165) is 0 Å². The number of halogens is 1. The van der Waals surface area contributed by atoms with Gasteiger partial charge in [-0.05, 0) is 30.3 Å². The SMILES string of the molecule is O=C(C[C@@H]1C(=O)NCCN1C(=O)c1ccco1)Nc1cccc(Cl)c1. The summed E-state index contributed by atoms with van der Waals surface area (Å²) in [5, 5.41) is 5.84. The average Bonchev–Trinajstić information content (AvgIpc) is 3.10. The lowest BCUT2D eigenvalue weighted by Crippen LogP contribution is -2.58. The molecule has 1 aromatic heterocycles. The van der Waals surface area contributed by atoms with Gasteiger partial charge < -0.3 is 20.0 Å². The van der Waals surface area contributed by atoms with E-state index in [-0.39, 0.29) is 24.0 Å². The van der Waals surface area contributed by atoms with Gasteiger partial charge in [0.15, 0.2) is 5.76 Å². The smallest absolute Gasteiger partial charge is 0.290 e. The Labute approximate surface area is 148 Å². The number of furan rings is 1. The topological polar surface area (TPSA) is 91.7 Å². The van der Waals surface area contributed by atoms with Crippen LogP contribution >= 0.6 is 11.6 Å². The summed E-state index contributed by atoms with van der Waals surface area (Å²) in [6.07, 6.45) is 1.23. The molecule has 0 unspecified atom stereocenters. The van der Waals surface area contributed by atoms with Gasteiger partial charge in [0.2, 0.25) is 11.8 Å². The number of anilines is 1. The standard InChI is InChI=1S/C17H16ClN3O4/c18-11-3-1-4-12(9-11)20-15(22)10-13-16(23)19-6-7-21(13)17(24)14-5-2-8-25-14/h1-5,8-9,13H,6-7,10H2,(H,19,23)(H,20,22)/t13-/m1/s1. The first-order valence-corrected chi connectivity index (χ1v) is 8.10. The maximum Gasteiger partial charge on any atom is 0.290 e. The van der Waals surface area contributed by atoms with Gasteiger partial charge in [-0.1, -0.05) is 17.7 Å². The fourth-order valence-corrected chi connectivity index (χ4v) is 2.85. The highest BCUT2D eigenvalue weighted by Crippen LogP contribution is 2.18. The van der Waals surface area contributed by atoms with Crippen LogP contribution in [0.15, 0.2) is 47.1 Å². The van der Waals surface area contributed by atoms with Gasteiger partial charge in [0.25, 0.3) is 5.91 Å². The van der Waals surface area contributed by atoms with Crippen LogP contribution in [0.25, 0.3) is 0 Å². The zero-order valence-corrected chi connectivity index (χ0v) is 14.0. The maximum absolute atomic E-state index is 12.5. The molecule has 3 amide bonds. The first kappa shape index (κ1) is 17.0. The molecule has 3 rings (SSSR count). The second-order valence-corrected chi connectivity index (χ2v) is 5.98. The van der Waals surface area contributed by atoms with Gasteiger partial charge >= 0.3 is 0 Å². The molecule has 0 spiro atoms. The summed E-state index contributed by atoms with van der Waals surface area (Å²) in [4.78, 5) is 38.3. The molecule has 2 N–H and O–H groups in total. The normalized spacial score (nSPS) is 17.1. The molecular formula is C17H16ClN3O4. The molecule has 2 aromatic rings. The van der Waals surface area contributed by atoms with Gasteiger partial charge in [0, 0.05) is 23.8 Å². The largest absolute Gasteiger partial charge is 0.459 e. The van der Waals surface area contributed by atoms with Crippen LogP contribution < -0.4 is 10.6 Å². The van der Waals surface area contributed by atoms with Crippen LogP contribution in [0.2, 0.25) is 5.02 Å². The Morgan fingerprint density at radius 2 is 2.16 bits per heavy atom. The first-order valence-electron chi connectivity index (χ1n) is 7.72. The molecule has 0 radical (unpaired) electrons. The Bertz CT molecular complexity index is 791. The van der Waals surface area contributed by atoms with Crippen LogP contribution in [-0.2, 0) is 9.59 Å². The Morgan fingerprint density at radius 1 is 1.32 bits per heavy atom. The van der Waals surface area contributed by atoms with E-state index in [1.807, 2.05) is 0 Å². The predicted molar refractivity (Wildman–Crippen MR) is 91.2 cm³/mol. The molecule has 1 atom stereocenters. The highest BCUT2D eigenvalue weighted by molar-refractivity contribution is 6.30. The number of nitrogens with one attached hydrogen (secondary N) is 2. The fourth-order valence-electron chi connectivity index (χ4n) is 2.66. The minimum Gasteiger partial charge on any atom is -0.459 e. The highest BCUT2D eigenvalue weighted by atomic mass is 35.5. The van der Waals surface area contributed by atoms with Crippen LogP contribution in [0.1, 0.15) is 17.0 Å². The zero-order chi connectivity index (χ0) is 17.8. The van der Waals surface area contributed by atoms with Crippen molar-refractivity contribution in [3.8, 4) is 0 Å². The number of amides is 3. The third-order valence-corrected chi connectivity index (χ3v) is 4.05. The summed E-state index contributed by atoms with van der Waals surface area (Å²) in [5.74, 6) is -1.04. The molecule has 1 saturated heterocycles. The molecule has 1 aliphatic rings. The molecule has 0 saturated carbocycles. The van der Waals surface area contributed by atoms with E-state index in [2.05, 4.69) is 10.6 Å². The molecule has 0 bridgehead atoms. The summed E-state index contributed by atoms with van der Waals surface area (Å²) >= 11 is 5.89. The lowest BCUT2D eigenvalue weighted by Gasteiger charge is -2.34. The second kappa shape index (κ2) is 7.40. The van der Waals surface area contributed by atoms with Crippen molar-refractivity contribution < 1.29 is 18.8 Å². The minimum atomic E-state index is -0.898. The van der Waals surface area contributed by atoms with Crippen LogP contribution in [-0.4, -0.2) is 41.8 Å². The van der Waals surface area contributed by atoms with Crippen molar-refractivity contribution >= 4 is 35.0 Å². The van der Waals surface area contributed by atoms with E-state index in [4.69, 9.17) is 16.0 Å². The molecule has 7 nitrogen and oxygen atoms in total. The van der Waals surface area contributed by atoms with E-state index in [9.17, 15) is 14.4 Å². The number of carbonyl (C=O) groups excluding carboxylic acids is 3. The molecule has 0 aliphatic carbocycles. The van der Waals surface area contributed by atoms with Crippen molar-refractivity contribution in [3.63, 3.8) is 0 Å². The summed E-state index contributed by atoms with van der Waals surface area (Å²) < 4.78 is 5.11. The summed E-state index contributed by atoms with van der Waals surface area (Å²) in [7, 11) is 0. The average molecular weight is 362 g/mol. The first-order chi connectivity index (χ1) is 12.0. The van der Waals surface area contributed by atoms with Crippen molar-refractivity contribution in [3.05, 3.63) is 53.4 Å². The van der Waals surface area contributed by atoms with E-state index in [0.29, 0.717) is 23.8 Å². The van der Waals surface area contributed by atoms with Gasteiger partial charge in [0.05, 0.1) is 12.7 Å². The lowest BCUT2D eigenvalue weighted by atomic mass is 10.1. The van der Waals surface area contributed by atoms with Crippen molar-refractivity contribution in [2.24, 2.45) is 0 Å². The van der Waals surface area contributed by atoms with Crippen LogP contribution in [0.5, 0.6) is 0 Å². The predicted octanol–water partition coefficient (Wildman–Crippen LogP) is 1.90. The third-order valence-electron chi connectivity index (χ3n) is 3.81. The Morgan fingerprint density at radius 3 is 2.88 bits per heavy atom. The number of hydrogen-bond donors (Lipinski definition) is 2. The van der Waals surface area contributed by atoms with E-state index in [1.165, 1.54) is 17.2 Å². The highest BCUT2D eigenvalue weighted by Gasteiger charge is 2.36. The van der Waals surface area contributed by atoms with Crippen molar-refractivity contribution in [1.29, 1.82) is 0 Å². The number of nitrogens with zero attached hydrogens (tertiary/aromatic N) is 1. The molecular weight excluding hydrogens is 346 g/mol. The zero-order valence-electron chi connectivity index (χ0n) is 13.2. The molecule has 8 heteroatoms. The molecule has 25 heavy (non-hydrogen) atoms. The van der Waals surface area contributed by atoms with Crippen molar-refractivity contribution in [2.75, 3.05) is 18.4 Å². The number of rotatable bonds is 4. The van der Waals surface area contributed by atoms with Crippen molar-refractivity contribution in [2.45, 2.75) is 12.5 Å². The number of benzene rings is 1. The molecule has 1 aliphatic heterocycles. The Hall–Kier alpha value is -2.80. The van der Waals surface area contributed by atoms with Gasteiger partial charge in [0.1, 0.15) is 6.04 Å². The number of carbonyl (C=O) groups is 3. The Kier molecular flexibility index (Phi) is 5.04. The second-order valence-electron chi connectivity index (χ2n) is 5.55. The molecule has 2 heterocycles. The fraction of sp³-hybridized carbons (Fsp3) is 0.235. The Balaban J connectivity index is 1.71. The maximum atomic E-state index is 12.5. The monoisotopic (exact) mass is 361 g/mol. The van der Waals surface area contributed by atoms with Gasteiger partial charge in [-0.25, -0.2) is 0 Å². The van der Waals surface area contributed by atoms with E-state index >= 15 is 0 Å². The summed E-state index contributed by atoms with van der Waals surface area (Å²) in [6, 6.07) is 8.91. The summed E-state index contributed by atoms with van der Waals surface area (Å²) in [6.45, 7) is 0.637. The van der Waals surface area contributed by atoms with Crippen LogP contribution in [0, 0.1) is 0 Å². The minimum absolute atomic E-state index is 0.134. The van der Waals surface area contributed by atoms with E-state index < -0.39 is 11.9 Å². The summed E-state index contributed by atoms with van der Waals surface area (Å²) in [5.41, 5.74) is 0.526. The van der Waals surface area contributed by atoms with E-state index in [1.54, 1.807) is 30.3 Å². The van der Waals surface area contributed by atoms with Crippen molar-refractivity contribution in [1.82, 2.24) is 10.2 Å². The van der Waals surface area contributed by atoms with Crippen LogP contribution in [0.4, 0.5) is 5.69 Å². The quantitative estimate of drug-likeness (QED) is 0.870. The van der Waals surface area contributed by atoms with Gasteiger partial charge in [-0.3, -0.25) is 14.4 Å². The number of piperazine rings is 1. The number of hydrogen-bond acceptors (Lipinski definition) is 4. The van der Waals surface area contributed by atoms with Crippen LogP contribution in [0.3, 0.4) is 0 Å². The molecule has 1 aromatic carbocycles.